The zero-order valence-corrected chi connectivity index (χ0v) is 26.5. The normalized spacial score (nSPS) is 10.2. The number of rotatable bonds is 18. The molecule has 0 aromatic heterocycles. The van der Waals surface area contributed by atoms with Gasteiger partial charge in [0.25, 0.3) is 0 Å². The Bertz CT molecular complexity index is 1580. The minimum Gasteiger partial charge on any atom is -0.494 e. The Balaban J connectivity index is 1.41. The molecule has 0 aliphatic rings. The molecule has 0 aliphatic carbocycles. The Morgan fingerprint density at radius 3 is 1.58 bits per heavy atom. The van der Waals surface area contributed by atoms with Crippen LogP contribution >= 0.6 is 0 Å². The summed E-state index contributed by atoms with van der Waals surface area (Å²) in [5.74, 6) is -0.921. The first-order valence-electron chi connectivity index (χ1n) is 15.0. The number of hydrogen-bond donors (Lipinski definition) is 0. The number of esters is 4. The van der Waals surface area contributed by atoms with Crippen LogP contribution in [0.15, 0.2) is 92.0 Å². The summed E-state index contributed by atoms with van der Waals surface area (Å²) < 4.78 is 36.4. The number of ether oxygens (including phenoxy) is 7. The first-order chi connectivity index (χ1) is 23.2. The lowest BCUT2D eigenvalue weighted by Gasteiger charge is -2.11. The van der Waals surface area contributed by atoms with Gasteiger partial charge in [0.15, 0.2) is 0 Å². The number of hydrogen-bond acceptors (Lipinski definition) is 12. The molecule has 0 bridgehead atoms. The minimum atomic E-state index is -0.912. The first kappa shape index (κ1) is 36.6. The van der Waals surface area contributed by atoms with Gasteiger partial charge in [-0.15, -0.1) is 0 Å². The van der Waals surface area contributed by atoms with Gasteiger partial charge < -0.3 is 33.2 Å². The van der Waals surface area contributed by atoms with E-state index in [0.29, 0.717) is 54.9 Å². The van der Waals surface area contributed by atoms with E-state index in [-0.39, 0.29) is 36.9 Å². The van der Waals surface area contributed by atoms with Crippen molar-refractivity contribution in [1.29, 1.82) is 0 Å². The molecule has 3 rings (SSSR count). The molecule has 0 fully saturated rings. The fraction of sp³-hybridized carbons (Fsp3) is 0.250. The summed E-state index contributed by atoms with van der Waals surface area (Å²) in [5, 5.41) is 0. The summed E-state index contributed by atoms with van der Waals surface area (Å²) in [6.45, 7) is 9.32. The van der Waals surface area contributed by atoms with Gasteiger partial charge in [0.2, 0.25) is 0 Å². The van der Waals surface area contributed by atoms with Crippen molar-refractivity contribution in [2.24, 2.45) is 0 Å². The molecular formula is C36H36O12. The lowest BCUT2D eigenvalue weighted by atomic mass is 10.2. The molecular weight excluding hydrogens is 624 g/mol. The number of aryl methyl sites for hydroxylation is 1. The maximum Gasteiger partial charge on any atom is 0.513 e. The van der Waals surface area contributed by atoms with Crippen molar-refractivity contribution in [2.45, 2.75) is 32.6 Å². The predicted octanol–water partition coefficient (Wildman–Crippen LogP) is 6.35. The maximum atomic E-state index is 12.7. The van der Waals surface area contributed by atoms with Crippen LogP contribution in [0.4, 0.5) is 4.79 Å². The van der Waals surface area contributed by atoms with Crippen LogP contribution in [0, 0.1) is 6.92 Å². The molecule has 12 nitrogen and oxygen atoms in total. The first-order valence-corrected chi connectivity index (χ1v) is 15.0. The molecule has 0 spiro atoms. The second-order valence-electron chi connectivity index (χ2n) is 9.96. The molecule has 0 N–H and O–H groups in total. The summed E-state index contributed by atoms with van der Waals surface area (Å²) in [4.78, 5) is 59.2. The van der Waals surface area contributed by atoms with Crippen LogP contribution in [0.5, 0.6) is 23.0 Å². The van der Waals surface area contributed by atoms with Gasteiger partial charge in [-0.05, 0) is 105 Å². The van der Waals surface area contributed by atoms with Crippen LogP contribution in [0.3, 0.4) is 0 Å². The van der Waals surface area contributed by atoms with Gasteiger partial charge in [0.1, 0.15) is 23.0 Å². The van der Waals surface area contributed by atoms with E-state index in [9.17, 15) is 24.0 Å². The van der Waals surface area contributed by atoms with Crippen LogP contribution < -0.4 is 18.9 Å². The van der Waals surface area contributed by atoms with Crippen LogP contribution in [0.1, 0.15) is 52.0 Å². The van der Waals surface area contributed by atoms with Crippen molar-refractivity contribution in [2.75, 3.05) is 26.4 Å². The van der Waals surface area contributed by atoms with Crippen molar-refractivity contribution in [1.82, 2.24) is 0 Å². The highest BCUT2D eigenvalue weighted by Gasteiger charge is 2.14. The van der Waals surface area contributed by atoms with Gasteiger partial charge in [-0.1, -0.05) is 13.2 Å². The van der Waals surface area contributed by atoms with E-state index < -0.39 is 30.0 Å². The van der Waals surface area contributed by atoms with Gasteiger partial charge in [-0.3, -0.25) is 0 Å². The smallest absolute Gasteiger partial charge is 0.494 e. The Morgan fingerprint density at radius 1 is 0.562 bits per heavy atom. The highest BCUT2D eigenvalue weighted by atomic mass is 16.7. The summed E-state index contributed by atoms with van der Waals surface area (Å²) in [5.41, 5.74) is 1.09. The Morgan fingerprint density at radius 2 is 1.04 bits per heavy atom. The second kappa shape index (κ2) is 19.6. The molecule has 0 aliphatic heterocycles. The average Bonchev–Trinajstić information content (AvgIpc) is 3.09. The number of carbonyl (C=O) groups excluding carboxylic acids is 5. The lowest BCUT2D eigenvalue weighted by molar-refractivity contribution is -0.138. The fourth-order valence-corrected chi connectivity index (χ4v) is 3.81. The summed E-state index contributed by atoms with van der Waals surface area (Å²) in [7, 11) is 0. The highest BCUT2D eigenvalue weighted by molar-refractivity contribution is 5.92. The largest absolute Gasteiger partial charge is 0.513 e. The quantitative estimate of drug-likeness (QED) is 0.0374. The van der Waals surface area contributed by atoms with Gasteiger partial charge in [0.05, 0.1) is 37.6 Å². The van der Waals surface area contributed by atoms with Crippen LogP contribution in [0.2, 0.25) is 0 Å². The summed E-state index contributed by atoms with van der Waals surface area (Å²) in [6.07, 6.45) is 3.57. The number of carbonyl (C=O) groups is 5. The Hall–Kier alpha value is -5.91. The van der Waals surface area contributed by atoms with E-state index in [1.54, 1.807) is 37.3 Å². The minimum absolute atomic E-state index is 0.0795. The molecule has 0 amide bonds. The zero-order chi connectivity index (χ0) is 34.7. The van der Waals surface area contributed by atoms with Crippen LogP contribution in [-0.2, 0) is 23.8 Å². The van der Waals surface area contributed by atoms with E-state index in [4.69, 9.17) is 33.2 Å². The molecule has 252 valence electrons. The van der Waals surface area contributed by atoms with E-state index in [1.807, 2.05) is 0 Å². The topological polar surface area (TPSA) is 150 Å². The molecule has 3 aromatic rings. The molecule has 0 radical (unpaired) electrons. The van der Waals surface area contributed by atoms with E-state index in [1.165, 1.54) is 36.4 Å². The predicted molar refractivity (Wildman–Crippen MR) is 172 cm³/mol. The van der Waals surface area contributed by atoms with E-state index in [2.05, 4.69) is 13.2 Å². The van der Waals surface area contributed by atoms with E-state index in [0.717, 1.165) is 12.2 Å². The molecule has 12 heteroatoms. The Kier molecular flexibility index (Phi) is 14.9. The van der Waals surface area contributed by atoms with Gasteiger partial charge in [-0.2, -0.15) is 0 Å². The monoisotopic (exact) mass is 660 g/mol. The summed E-state index contributed by atoms with van der Waals surface area (Å²) >= 11 is 0. The highest BCUT2D eigenvalue weighted by Crippen LogP contribution is 2.26. The van der Waals surface area contributed by atoms with Gasteiger partial charge in [0, 0.05) is 12.2 Å². The fourth-order valence-electron chi connectivity index (χ4n) is 3.81. The third kappa shape index (κ3) is 12.8. The standard InChI is InChI=1S/C36H36O12/c1-4-32(37)43-21-7-6-20-42-28-14-10-27(11-15-28)35(40)48-31-19-18-30(24-25(31)3)46-34(39)26-12-16-29(17-13-26)47-36(41)45-23-9-8-22-44-33(38)5-2/h4-5,10-19,24H,1-2,6-9,20-23H2,3H3. The van der Waals surface area contributed by atoms with Crippen molar-refractivity contribution in [3.05, 3.63) is 109 Å². The molecule has 3 aromatic carbocycles. The molecule has 0 saturated carbocycles. The molecule has 0 saturated heterocycles. The molecule has 48 heavy (non-hydrogen) atoms. The summed E-state index contributed by atoms with van der Waals surface area (Å²) in [6, 6.07) is 16.8. The molecule has 0 heterocycles. The lowest BCUT2D eigenvalue weighted by Crippen LogP contribution is -2.13. The SMILES string of the molecule is C=CC(=O)OCCCCOC(=O)Oc1ccc(C(=O)Oc2ccc(OC(=O)c3ccc(OCCCCOC(=O)C=C)cc3)c(C)c2)cc1. The number of benzene rings is 3. The maximum absolute atomic E-state index is 12.7. The molecule has 0 atom stereocenters. The van der Waals surface area contributed by atoms with Crippen LogP contribution in [-0.4, -0.2) is 56.5 Å². The van der Waals surface area contributed by atoms with E-state index >= 15 is 0 Å². The van der Waals surface area contributed by atoms with Gasteiger partial charge in [-0.25, -0.2) is 24.0 Å². The Labute approximate surface area is 277 Å². The van der Waals surface area contributed by atoms with Crippen LogP contribution in [0.25, 0.3) is 0 Å². The third-order valence-electron chi connectivity index (χ3n) is 6.33. The van der Waals surface area contributed by atoms with Crippen molar-refractivity contribution in [3.8, 4) is 23.0 Å². The van der Waals surface area contributed by atoms with Crippen molar-refractivity contribution in [3.63, 3.8) is 0 Å². The number of unbranched alkanes of at least 4 members (excludes halogenated alkanes) is 2. The van der Waals surface area contributed by atoms with Crippen molar-refractivity contribution >= 4 is 30.0 Å². The zero-order valence-electron chi connectivity index (χ0n) is 26.5. The average molecular weight is 661 g/mol. The second-order valence-corrected chi connectivity index (χ2v) is 9.96. The molecule has 0 unspecified atom stereocenters. The van der Waals surface area contributed by atoms with Gasteiger partial charge >= 0.3 is 30.0 Å². The van der Waals surface area contributed by atoms with Crippen molar-refractivity contribution < 1.29 is 57.1 Å². The third-order valence-corrected chi connectivity index (χ3v) is 6.33.